The summed E-state index contributed by atoms with van der Waals surface area (Å²) in [5.74, 6) is 0.871. The van der Waals surface area contributed by atoms with Crippen LogP contribution in [0.4, 0.5) is 0 Å². The minimum absolute atomic E-state index is 0.0562. The minimum atomic E-state index is -0.0767. The predicted octanol–water partition coefficient (Wildman–Crippen LogP) is 3.54. The highest BCUT2D eigenvalue weighted by Gasteiger charge is 2.10. The Hall–Kier alpha value is -3.47. The molecule has 0 bridgehead atoms. The van der Waals surface area contributed by atoms with Crippen LogP contribution in [0.3, 0.4) is 0 Å². The van der Waals surface area contributed by atoms with Crippen LogP contribution in [-0.2, 0) is 19.8 Å². The van der Waals surface area contributed by atoms with Crippen molar-refractivity contribution in [2.24, 2.45) is 0 Å². The SMILES string of the molecule is Cc1ncc(CO)c(C)c1O.Cc1ncc(CO)c(C)c1OCc1cccc(C#N)c1. The predicted molar refractivity (Wildman–Crippen MR) is 116 cm³/mol. The van der Waals surface area contributed by atoms with Crippen molar-refractivity contribution in [3.63, 3.8) is 0 Å². The van der Waals surface area contributed by atoms with Gasteiger partial charge in [-0.25, -0.2) is 0 Å². The van der Waals surface area contributed by atoms with Crippen LogP contribution in [0.15, 0.2) is 36.7 Å². The molecule has 162 valence electrons. The molecule has 3 N–H and O–H groups in total. The second kappa shape index (κ2) is 11.1. The van der Waals surface area contributed by atoms with Gasteiger partial charge in [0.05, 0.1) is 36.2 Å². The second-order valence-corrected chi connectivity index (χ2v) is 7.08. The van der Waals surface area contributed by atoms with Crippen molar-refractivity contribution in [1.29, 1.82) is 5.26 Å². The Bertz CT molecular complexity index is 1090. The lowest BCUT2D eigenvalue weighted by Crippen LogP contribution is -2.03. The number of pyridine rings is 2. The van der Waals surface area contributed by atoms with E-state index in [0.29, 0.717) is 34.7 Å². The number of hydrogen-bond donors (Lipinski definition) is 3. The number of aromatic nitrogens is 2. The first kappa shape index (κ1) is 23.8. The van der Waals surface area contributed by atoms with Crippen LogP contribution >= 0.6 is 0 Å². The average Bonchev–Trinajstić information content (AvgIpc) is 2.78. The molecule has 7 nitrogen and oxygen atoms in total. The van der Waals surface area contributed by atoms with Gasteiger partial charge in [-0.2, -0.15) is 5.26 Å². The molecule has 31 heavy (non-hydrogen) atoms. The molecule has 0 spiro atoms. The standard InChI is InChI=1S/C16H16N2O2.C8H11NO2/c1-11-15(9-19)8-18-12(2)16(11)20-10-14-5-3-4-13(6-14)7-17;1-5-7(4-10)3-9-6(2)8(5)11/h3-6,8,19H,9-10H2,1-2H3;3,10-11H,4H2,1-2H3. The number of nitriles is 1. The number of benzene rings is 1. The maximum Gasteiger partial charge on any atom is 0.144 e. The molecule has 2 aromatic heterocycles. The molecular formula is C24H27N3O4. The fraction of sp³-hybridized carbons (Fsp3) is 0.292. The monoisotopic (exact) mass is 421 g/mol. The third-order valence-corrected chi connectivity index (χ3v) is 4.94. The van der Waals surface area contributed by atoms with Crippen LogP contribution in [0.25, 0.3) is 0 Å². The Morgan fingerprint density at radius 1 is 0.935 bits per heavy atom. The van der Waals surface area contributed by atoms with Crippen molar-refractivity contribution in [3.05, 3.63) is 81.4 Å². The maximum atomic E-state index is 9.34. The largest absolute Gasteiger partial charge is 0.506 e. The van der Waals surface area contributed by atoms with Crippen molar-refractivity contribution in [1.82, 2.24) is 9.97 Å². The number of nitrogens with zero attached hydrogens (tertiary/aromatic N) is 3. The zero-order chi connectivity index (χ0) is 23.0. The first-order chi connectivity index (χ1) is 14.8. The average molecular weight is 421 g/mol. The Morgan fingerprint density at radius 2 is 1.55 bits per heavy atom. The number of rotatable bonds is 5. The van der Waals surface area contributed by atoms with Crippen molar-refractivity contribution >= 4 is 0 Å². The van der Waals surface area contributed by atoms with E-state index < -0.39 is 0 Å². The van der Waals surface area contributed by atoms with Gasteiger partial charge in [-0.15, -0.1) is 0 Å². The van der Waals surface area contributed by atoms with Gasteiger partial charge in [0.15, 0.2) is 0 Å². The van der Waals surface area contributed by atoms with E-state index in [1.54, 1.807) is 38.4 Å². The fourth-order valence-corrected chi connectivity index (χ4v) is 2.92. The molecule has 1 aromatic carbocycles. The normalized spacial score (nSPS) is 10.1. The van der Waals surface area contributed by atoms with Crippen LogP contribution < -0.4 is 4.74 Å². The molecule has 0 aliphatic carbocycles. The van der Waals surface area contributed by atoms with Gasteiger partial charge in [0.25, 0.3) is 0 Å². The lowest BCUT2D eigenvalue weighted by molar-refractivity contribution is 0.274. The van der Waals surface area contributed by atoms with Crippen molar-refractivity contribution in [2.75, 3.05) is 0 Å². The summed E-state index contributed by atoms with van der Waals surface area (Å²) in [5, 5.41) is 36.3. The molecule has 0 saturated carbocycles. The zero-order valence-corrected chi connectivity index (χ0v) is 18.2. The lowest BCUT2D eigenvalue weighted by Gasteiger charge is -2.14. The van der Waals surface area contributed by atoms with Gasteiger partial charge in [-0.3, -0.25) is 9.97 Å². The van der Waals surface area contributed by atoms with E-state index in [2.05, 4.69) is 16.0 Å². The van der Waals surface area contributed by atoms with Gasteiger partial charge in [0, 0.05) is 23.5 Å². The van der Waals surface area contributed by atoms with Gasteiger partial charge < -0.3 is 20.1 Å². The minimum Gasteiger partial charge on any atom is -0.506 e. The molecular weight excluding hydrogens is 394 g/mol. The number of aliphatic hydroxyl groups excluding tert-OH is 2. The second-order valence-electron chi connectivity index (χ2n) is 7.08. The third-order valence-electron chi connectivity index (χ3n) is 4.94. The Kier molecular flexibility index (Phi) is 8.50. The molecule has 7 heteroatoms. The summed E-state index contributed by atoms with van der Waals surface area (Å²) >= 11 is 0. The van der Waals surface area contributed by atoms with Gasteiger partial charge in [-0.05, 0) is 56.5 Å². The first-order valence-corrected chi connectivity index (χ1v) is 9.75. The topological polar surface area (TPSA) is 119 Å². The molecule has 0 amide bonds. The van der Waals surface area contributed by atoms with E-state index in [1.807, 2.05) is 26.0 Å². The summed E-state index contributed by atoms with van der Waals surface area (Å²) < 4.78 is 5.81. The van der Waals surface area contributed by atoms with Crippen LogP contribution in [-0.4, -0.2) is 25.3 Å². The molecule has 0 saturated heterocycles. The molecule has 3 rings (SSSR count). The highest BCUT2D eigenvalue weighted by molar-refractivity contribution is 5.41. The Morgan fingerprint density at radius 3 is 2.16 bits per heavy atom. The van der Waals surface area contributed by atoms with Gasteiger partial charge >= 0.3 is 0 Å². The Balaban J connectivity index is 0.000000262. The van der Waals surface area contributed by atoms with E-state index in [0.717, 1.165) is 22.4 Å². The number of hydrogen-bond acceptors (Lipinski definition) is 7. The molecule has 0 fully saturated rings. The lowest BCUT2D eigenvalue weighted by atomic mass is 10.1. The summed E-state index contributed by atoms with van der Waals surface area (Å²) in [4.78, 5) is 8.12. The molecule has 2 heterocycles. The molecule has 0 radical (unpaired) electrons. The number of ether oxygens (including phenoxy) is 1. The quantitative estimate of drug-likeness (QED) is 0.576. The molecule has 0 aliphatic heterocycles. The van der Waals surface area contributed by atoms with Crippen molar-refractivity contribution < 1.29 is 20.1 Å². The molecule has 0 atom stereocenters. The fourth-order valence-electron chi connectivity index (χ4n) is 2.92. The van der Waals surface area contributed by atoms with Gasteiger partial charge in [0.2, 0.25) is 0 Å². The van der Waals surface area contributed by atoms with Gasteiger partial charge in [-0.1, -0.05) is 12.1 Å². The van der Waals surface area contributed by atoms with E-state index in [1.165, 1.54) is 0 Å². The first-order valence-electron chi connectivity index (χ1n) is 9.75. The number of aryl methyl sites for hydroxylation is 2. The Labute approximate surface area is 182 Å². The highest BCUT2D eigenvalue weighted by Crippen LogP contribution is 2.25. The summed E-state index contributed by atoms with van der Waals surface area (Å²) in [7, 11) is 0. The van der Waals surface area contributed by atoms with E-state index >= 15 is 0 Å². The maximum absolute atomic E-state index is 9.34. The van der Waals surface area contributed by atoms with Crippen LogP contribution in [0.5, 0.6) is 11.5 Å². The zero-order valence-electron chi connectivity index (χ0n) is 18.2. The molecule has 0 aliphatic rings. The summed E-state index contributed by atoms with van der Waals surface area (Å²) in [5.41, 5.74) is 5.97. The van der Waals surface area contributed by atoms with Crippen molar-refractivity contribution in [2.45, 2.75) is 47.5 Å². The molecule has 0 unspecified atom stereocenters. The van der Waals surface area contributed by atoms with Crippen molar-refractivity contribution in [3.8, 4) is 17.6 Å². The van der Waals surface area contributed by atoms with E-state index in [-0.39, 0.29) is 19.0 Å². The van der Waals surface area contributed by atoms with Crippen LogP contribution in [0, 0.1) is 39.0 Å². The summed E-state index contributed by atoms with van der Waals surface area (Å²) in [6.07, 6.45) is 3.23. The number of aliphatic hydroxyl groups is 2. The highest BCUT2D eigenvalue weighted by atomic mass is 16.5. The molecule has 3 aromatic rings. The summed E-state index contributed by atoms with van der Waals surface area (Å²) in [6.45, 7) is 7.50. The summed E-state index contributed by atoms with van der Waals surface area (Å²) in [6, 6.07) is 9.41. The van der Waals surface area contributed by atoms with E-state index in [9.17, 15) is 10.2 Å². The third kappa shape index (κ3) is 6.01. The van der Waals surface area contributed by atoms with Gasteiger partial charge in [0.1, 0.15) is 18.1 Å². The number of aromatic hydroxyl groups is 1. The van der Waals surface area contributed by atoms with E-state index in [4.69, 9.17) is 15.1 Å². The van der Waals surface area contributed by atoms with Crippen LogP contribution in [0.2, 0.25) is 0 Å². The smallest absolute Gasteiger partial charge is 0.144 e. The van der Waals surface area contributed by atoms with Crippen LogP contribution in [0.1, 0.15) is 44.8 Å².